The van der Waals surface area contributed by atoms with Crippen molar-refractivity contribution in [3.63, 3.8) is 0 Å². The topological polar surface area (TPSA) is 104 Å². The first kappa shape index (κ1) is 28.4. The number of nitrogens with zero attached hydrogens (tertiary/aromatic N) is 5. The fraction of sp³-hybridized carbons (Fsp3) is 0.176. The van der Waals surface area contributed by atoms with Gasteiger partial charge in [-0.15, -0.1) is 0 Å². The number of imidazole rings is 1. The summed E-state index contributed by atoms with van der Waals surface area (Å²) in [7, 11) is 0. The number of fused-ring (bicyclic) bond motifs is 1. The van der Waals surface area contributed by atoms with Crippen LogP contribution in [-0.2, 0) is 24.3 Å². The summed E-state index contributed by atoms with van der Waals surface area (Å²) in [5.74, 6) is -1.58. The van der Waals surface area contributed by atoms with E-state index in [1.165, 1.54) is 6.07 Å². The first-order valence-corrected chi connectivity index (χ1v) is 14.4. The average molecular weight is 608 g/mol. The molecule has 6 aromatic rings. The number of carboxylic acids is 1. The predicted molar refractivity (Wildman–Crippen MR) is 161 cm³/mol. The number of carboxylic acid groups (broad SMARTS) is 1. The van der Waals surface area contributed by atoms with Gasteiger partial charge in [-0.25, -0.2) is 28.2 Å². The molecule has 7 rings (SSSR count). The number of halogens is 2. The summed E-state index contributed by atoms with van der Waals surface area (Å²) in [6.07, 6.45) is 2.63. The third-order valence-corrected chi connectivity index (χ3v) is 7.77. The molecule has 0 saturated carbocycles. The summed E-state index contributed by atoms with van der Waals surface area (Å²) in [5.41, 5.74) is 3.22. The molecule has 45 heavy (non-hydrogen) atoms. The summed E-state index contributed by atoms with van der Waals surface area (Å²) < 4.78 is 46.0. The van der Waals surface area contributed by atoms with Crippen LogP contribution in [0.5, 0.6) is 5.88 Å². The van der Waals surface area contributed by atoms with Gasteiger partial charge in [-0.05, 0) is 66.6 Å². The quantitative estimate of drug-likeness (QED) is 0.197. The third-order valence-electron chi connectivity index (χ3n) is 7.77. The monoisotopic (exact) mass is 607 g/mol. The molecule has 0 amide bonds. The Hall–Kier alpha value is -5.42. The number of benzene rings is 3. The summed E-state index contributed by atoms with van der Waals surface area (Å²) >= 11 is 0. The van der Waals surface area contributed by atoms with Gasteiger partial charge in [-0.2, -0.15) is 5.10 Å². The van der Waals surface area contributed by atoms with Gasteiger partial charge in [0.15, 0.2) is 0 Å². The second-order valence-electron chi connectivity index (χ2n) is 10.8. The lowest BCUT2D eigenvalue weighted by molar-refractivity contribution is -0.0589. The molecule has 226 valence electrons. The molecule has 4 heterocycles. The van der Waals surface area contributed by atoms with Gasteiger partial charge in [-0.1, -0.05) is 24.3 Å². The molecule has 0 radical (unpaired) electrons. The Balaban J connectivity index is 1.11. The third kappa shape index (κ3) is 5.89. The minimum atomic E-state index is -1.06. The Labute approximate surface area is 256 Å². The van der Waals surface area contributed by atoms with E-state index in [0.29, 0.717) is 35.7 Å². The van der Waals surface area contributed by atoms with E-state index in [9.17, 15) is 9.90 Å². The zero-order chi connectivity index (χ0) is 30.9. The highest BCUT2D eigenvalue weighted by Gasteiger charge is 2.24. The number of para-hydroxylation sites is 1. The SMILES string of the molecule is O=C(O)c1ccc2nc(Cc3cc(F)c(-c4cccc(OCc5ccn(-c6ccccc6)n5)n4)cc3F)n(C[C@@H]3CCO3)c2c1. The summed E-state index contributed by atoms with van der Waals surface area (Å²) in [6, 6.07) is 23.3. The van der Waals surface area contributed by atoms with Gasteiger partial charge in [0.2, 0.25) is 5.88 Å². The highest BCUT2D eigenvalue weighted by atomic mass is 19.1. The molecule has 11 heteroatoms. The first-order chi connectivity index (χ1) is 21.9. The Kier molecular flexibility index (Phi) is 7.52. The van der Waals surface area contributed by atoms with E-state index in [4.69, 9.17) is 9.47 Å². The molecule has 1 saturated heterocycles. The molecule has 1 aliphatic rings. The van der Waals surface area contributed by atoms with E-state index >= 15 is 8.78 Å². The molecule has 0 spiro atoms. The van der Waals surface area contributed by atoms with Crippen molar-refractivity contribution in [2.24, 2.45) is 0 Å². The maximum atomic E-state index is 15.5. The summed E-state index contributed by atoms with van der Waals surface area (Å²) in [5, 5.41) is 14.0. The number of ether oxygens (including phenoxy) is 2. The van der Waals surface area contributed by atoms with E-state index < -0.39 is 17.6 Å². The zero-order valence-corrected chi connectivity index (χ0v) is 23.9. The largest absolute Gasteiger partial charge is 0.478 e. The van der Waals surface area contributed by atoms with Gasteiger partial charge >= 0.3 is 5.97 Å². The molecule has 0 bridgehead atoms. The minimum absolute atomic E-state index is 0.000946. The van der Waals surface area contributed by atoms with Gasteiger partial charge in [0.1, 0.15) is 29.8 Å². The maximum absolute atomic E-state index is 15.5. The van der Waals surface area contributed by atoms with Crippen LogP contribution in [0.25, 0.3) is 28.0 Å². The van der Waals surface area contributed by atoms with E-state index in [0.717, 1.165) is 24.2 Å². The molecule has 0 aliphatic carbocycles. The Morgan fingerprint density at radius 2 is 1.82 bits per heavy atom. The summed E-state index contributed by atoms with van der Waals surface area (Å²) in [4.78, 5) is 20.6. The summed E-state index contributed by atoms with van der Waals surface area (Å²) in [6.45, 7) is 1.22. The van der Waals surface area contributed by atoms with Crippen LogP contribution < -0.4 is 4.74 Å². The molecule has 1 aliphatic heterocycles. The Morgan fingerprint density at radius 1 is 0.978 bits per heavy atom. The van der Waals surface area contributed by atoms with Crippen molar-refractivity contribution in [2.45, 2.75) is 32.1 Å². The van der Waals surface area contributed by atoms with Gasteiger partial charge in [0.05, 0.1) is 40.6 Å². The number of aromatic carboxylic acids is 1. The van der Waals surface area contributed by atoms with E-state index in [2.05, 4.69) is 15.1 Å². The molecule has 1 fully saturated rings. The zero-order valence-electron chi connectivity index (χ0n) is 23.9. The number of carbonyl (C=O) groups is 1. The fourth-order valence-electron chi connectivity index (χ4n) is 5.32. The van der Waals surface area contributed by atoms with E-state index in [1.54, 1.807) is 35.0 Å². The smallest absolute Gasteiger partial charge is 0.335 e. The predicted octanol–water partition coefficient (Wildman–Crippen LogP) is 6.22. The van der Waals surface area contributed by atoms with Gasteiger partial charge in [0.25, 0.3) is 0 Å². The average Bonchev–Trinajstić information content (AvgIpc) is 3.64. The maximum Gasteiger partial charge on any atom is 0.335 e. The second kappa shape index (κ2) is 11.9. The van der Waals surface area contributed by atoms with Crippen LogP contribution in [0.15, 0.2) is 91.1 Å². The molecule has 1 atom stereocenters. The van der Waals surface area contributed by atoms with Crippen molar-refractivity contribution < 1.29 is 28.2 Å². The molecule has 3 aromatic heterocycles. The molecular formula is C34H27F2N5O4. The van der Waals surface area contributed by atoms with E-state index in [1.807, 2.05) is 47.2 Å². The van der Waals surface area contributed by atoms with Gasteiger partial charge in [0, 0.05) is 30.9 Å². The van der Waals surface area contributed by atoms with Gasteiger partial charge < -0.3 is 19.1 Å². The van der Waals surface area contributed by atoms with Crippen LogP contribution in [0.2, 0.25) is 0 Å². The number of hydrogen-bond acceptors (Lipinski definition) is 6. The van der Waals surface area contributed by atoms with Crippen LogP contribution in [0.4, 0.5) is 8.78 Å². The highest BCUT2D eigenvalue weighted by Crippen LogP contribution is 2.29. The lowest BCUT2D eigenvalue weighted by atomic mass is 10.0. The standard InChI is InChI=1S/C34H27F2N5O4/c35-27-18-26(29-7-4-8-33(38-29)45-20-23-11-13-41(39-23)24-5-2-1-3-6-24)28(36)15-22(27)17-32-37-30-10-9-21(34(42)43)16-31(30)40(32)19-25-12-14-44-25/h1-11,13,15-16,18,25H,12,14,17,19-20H2,(H,42,43)/t25-/m0/s1. The van der Waals surface area contributed by atoms with Crippen molar-refractivity contribution in [3.05, 3.63) is 125 Å². The highest BCUT2D eigenvalue weighted by molar-refractivity contribution is 5.92. The van der Waals surface area contributed by atoms with Crippen molar-refractivity contribution in [2.75, 3.05) is 6.61 Å². The molecule has 9 nitrogen and oxygen atoms in total. The number of aromatic nitrogens is 5. The van der Waals surface area contributed by atoms with Crippen LogP contribution >= 0.6 is 0 Å². The van der Waals surface area contributed by atoms with E-state index in [-0.39, 0.29) is 47.4 Å². The van der Waals surface area contributed by atoms with Crippen molar-refractivity contribution in [3.8, 4) is 22.8 Å². The fourth-order valence-corrected chi connectivity index (χ4v) is 5.32. The first-order valence-electron chi connectivity index (χ1n) is 14.4. The van der Waals surface area contributed by atoms with Crippen LogP contribution in [0, 0.1) is 11.6 Å². The molecule has 0 unspecified atom stereocenters. The van der Waals surface area contributed by atoms with Gasteiger partial charge in [-0.3, -0.25) is 0 Å². The lowest BCUT2D eigenvalue weighted by Gasteiger charge is -2.27. The molecular weight excluding hydrogens is 580 g/mol. The van der Waals surface area contributed by atoms with Crippen LogP contribution in [-0.4, -0.2) is 48.1 Å². The van der Waals surface area contributed by atoms with Crippen molar-refractivity contribution in [1.29, 1.82) is 0 Å². The lowest BCUT2D eigenvalue weighted by Crippen LogP contribution is -2.31. The van der Waals surface area contributed by atoms with Crippen molar-refractivity contribution >= 4 is 17.0 Å². The normalized spacial score (nSPS) is 14.4. The van der Waals surface area contributed by atoms with Crippen LogP contribution in [0.3, 0.4) is 0 Å². The number of rotatable bonds is 10. The Morgan fingerprint density at radius 3 is 2.60 bits per heavy atom. The second-order valence-corrected chi connectivity index (χ2v) is 10.8. The number of pyridine rings is 1. The van der Waals surface area contributed by atoms with Crippen LogP contribution in [0.1, 0.15) is 33.9 Å². The Bertz CT molecular complexity index is 2020. The van der Waals surface area contributed by atoms with Crippen molar-refractivity contribution in [1.82, 2.24) is 24.3 Å². The molecule has 1 N–H and O–H groups in total. The minimum Gasteiger partial charge on any atom is -0.478 e. The number of hydrogen-bond donors (Lipinski definition) is 1. The molecule has 3 aromatic carbocycles.